The Hall–Kier alpha value is 1.46. The van der Waals surface area contributed by atoms with Crippen molar-refractivity contribution < 1.29 is 0 Å². The zero-order chi connectivity index (χ0) is 8.86. The predicted molar refractivity (Wildman–Crippen MR) is 67.8 cm³/mol. The van der Waals surface area contributed by atoms with Crippen molar-refractivity contribution in [2.75, 3.05) is 0 Å². The van der Waals surface area contributed by atoms with Crippen LogP contribution in [0.25, 0.3) is 0 Å². The lowest BCUT2D eigenvalue weighted by molar-refractivity contribution is 0.307. The summed E-state index contributed by atoms with van der Waals surface area (Å²) in [4.78, 5) is 0. The summed E-state index contributed by atoms with van der Waals surface area (Å²) in [6, 6.07) is 0. The van der Waals surface area contributed by atoms with Gasteiger partial charge in [0.15, 0.2) is 0 Å². The van der Waals surface area contributed by atoms with E-state index >= 15 is 0 Å². The summed E-state index contributed by atoms with van der Waals surface area (Å²) in [6.07, 6.45) is 1.42. The topological polar surface area (TPSA) is 0 Å². The van der Waals surface area contributed by atoms with E-state index in [1.165, 1.54) is 6.42 Å². The van der Waals surface area contributed by atoms with E-state index < -0.39 is 0 Å². The fourth-order valence-corrected chi connectivity index (χ4v) is 6.18. The van der Waals surface area contributed by atoms with Gasteiger partial charge in [-0.15, -0.1) is 0 Å². The number of hydrogen-bond donors (Lipinski definition) is 0. The first kappa shape index (κ1) is 10.5. The molecule has 0 bridgehead atoms. The Morgan fingerprint density at radius 1 is 1.45 bits per heavy atom. The van der Waals surface area contributed by atoms with Gasteiger partial charge in [0.25, 0.3) is 0 Å². The third-order valence-electron chi connectivity index (χ3n) is 3.05. The first-order valence-electron chi connectivity index (χ1n) is 4.15. The van der Waals surface area contributed by atoms with Crippen LogP contribution in [0.5, 0.6) is 0 Å². The van der Waals surface area contributed by atoms with E-state index in [-0.39, 0.29) is 0 Å². The SMILES string of the molecule is CC(C)[C@@]1(C(C)(C)I)C[C@@H]1I. The van der Waals surface area contributed by atoms with Gasteiger partial charge >= 0.3 is 0 Å². The molecular formula is C9H16I2. The number of hydrogen-bond acceptors (Lipinski definition) is 0. The van der Waals surface area contributed by atoms with E-state index in [4.69, 9.17) is 0 Å². The fourth-order valence-electron chi connectivity index (χ4n) is 2.14. The van der Waals surface area contributed by atoms with Gasteiger partial charge in [-0.1, -0.05) is 72.9 Å². The van der Waals surface area contributed by atoms with Crippen molar-refractivity contribution in [2.45, 2.75) is 41.5 Å². The van der Waals surface area contributed by atoms with Crippen molar-refractivity contribution in [3.05, 3.63) is 0 Å². The van der Waals surface area contributed by atoms with Crippen LogP contribution >= 0.6 is 45.2 Å². The van der Waals surface area contributed by atoms with Crippen molar-refractivity contribution in [2.24, 2.45) is 11.3 Å². The molecule has 0 saturated heterocycles. The maximum absolute atomic E-state index is 2.61. The molecule has 0 unspecified atom stereocenters. The molecule has 1 fully saturated rings. The maximum atomic E-state index is 2.61. The van der Waals surface area contributed by atoms with Crippen LogP contribution in [0.4, 0.5) is 0 Å². The van der Waals surface area contributed by atoms with Crippen LogP contribution in [0.3, 0.4) is 0 Å². The Morgan fingerprint density at radius 3 is 1.82 bits per heavy atom. The largest absolute Gasteiger partial charge is 0.0819 e. The third kappa shape index (κ3) is 1.58. The Labute approximate surface area is 97.2 Å². The summed E-state index contributed by atoms with van der Waals surface area (Å²) in [5.41, 5.74) is 0.619. The number of rotatable bonds is 2. The molecule has 2 atom stereocenters. The summed E-state index contributed by atoms with van der Waals surface area (Å²) < 4.78 is 1.37. The monoisotopic (exact) mass is 378 g/mol. The average Bonchev–Trinajstić information content (AvgIpc) is 2.39. The van der Waals surface area contributed by atoms with Crippen LogP contribution in [0.15, 0.2) is 0 Å². The molecule has 0 aromatic rings. The zero-order valence-electron chi connectivity index (χ0n) is 7.62. The molecule has 66 valence electrons. The highest BCUT2D eigenvalue weighted by atomic mass is 127. The molecule has 1 rings (SSSR count). The zero-order valence-corrected chi connectivity index (χ0v) is 11.9. The summed E-state index contributed by atoms with van der Waals surface area (Å²) in [7, 11) is 0. The van der Waals surface area contributed by atoms with Crippen molar-refractivity contribution in [1.29, 1.82) is 0 Å². The van der Waals surface area contributed by atoms with Gasteiger partial charge in [0.2, 0.25) is 0 Å². The molecule has 0 radical (unpaired) electrons. The van der Waals surface area contributed by atoms with E-state index in [1.807, 2.05) is 0 Å². The fraction of sp³-hybridized carbons (Fsp3) is 1.00. The second kappa shape index (κ2) is 3.00. The third-order valence-corrected chi connectivity index (χ3v) is 5.61. The van der Waals surface area contributed by atoms with Gasteiger partial charge in [-0.2, -0.15) is 0 Å². The summed E-state index contributed by atoms with van der Waals surface area (Å²) >= 11 is 5.21. The lowest BCUT2D eigenvalue weighted by Gasteiger charge is -2.33. The molecule has 0 aromatic heterocycles. The van der Waals surface area contributed by atoms with Crippen LogP contribution in [0, 0.1) is 11.3 Å². The molecule has 0 amide bonds. The van der Waals surface area contributed by atoms with Gasteiger partial charge in [-0.3, -0.25) is 0 Å². The Kier molecular flexibility index (Phi) is 2.87. The minimum absolute atomic E-state index is 0.463. The van der Waals surface area contributed by atoms with Crippen molar-refractivity contribution >= 4 is 45.2 Å². The minimum atomic E-state index is 0.463. The first-order valence-corrected chi connectivity index (χ1v) is 6.48. The predicted octanol–water partition coefficient (Wildman–Crippen LogP) is 4.05. The minimum Gasteiger partial charge on any atom is -0.0819 e. The molecule has 0 N–H and O–H groups in total. The molecule has 0 heterocycles. The highest BCUT2D eigenvalue weighted by Gasteiger charge is 2.62. The van der Waals surface area contributed by atoms with Crippen LogP contribution in [0.2, 0.25) is 0 Å². The Bertz CT molecular complexity index is 157. The second-order valence-electron chi connectivity index (χ2n) is 4.34. The van der Waals surface area contributed by atoms with Crippen LogP contribution < -0.4 is 0 Å². The van der Waals surface area contributed by atoms with Gasteiger partial charge in [-0.05, 0) is 17.8 Å². The number of halogens is 2. The van der Waals surface area contributed by atoms with Gasteiger partial charge in [0.1, 0.15) is 0 Å². The molecule has 1 saturated carbocycles. The van der Waals surface area contributed by atoms with Gasteiger partial charge in [0.05, 0.1) is 0 Å². The maximum Gasteiger partial charge on any atom is 0.0235 e. The van der Waals surface area contributed by atoms with Crippen LogP contribution in [-0.2, 0) is 0 Å². The summed E-state index contributed by atoms with van der Waals surface area (Å²) in [5, 5.41) is 0. The van der Waals surface area contributed by atoms with Gasteiger partial charge in [0, 0.05) is 7.35 Å². The molecule has 0 spiro atoms. The van der Waals surface area contributed by atoms with E-state index in [2.05, 4.69) is 72.9 Å². The quantitative estimate of drug-likeness (QED) is 0.503. The summed E-state index contributed by atoms with van der Waals surface area (Å²) in [6.45, 7) is 9.45. The molecule has 11 heavy (non-hydrogen) atoms. The normalized spacial score (nSPS) is 37.9. The molecule has 0 aliphatic heterocycles. The van der Waals surface area contributed by atoms with E-state index in [1.54, 1.807) is 0 Å². The molecule has 1 aliphatic rings. The van der Waals surface area contributed by atoms with Crippen molar-refractivity contribution in [3.63, 3.8) is 0 Å². The Morgan fingerprint density at radius 2 is 1.82 bits per heavy atom. The first-order chi connectivity index (χ1) is 4.82. The molecular weight excluding hydrogens is 362 g/mol. The molecule has 1 aliphatic carbocycles. The van der Waals surface area contributed by atoms with E-state index in [0.717, 1.165) is 9.84 Å². The van der Waals surface area contributed by atoms with E-state index in [0.29, 0.717) is 8.84 Å². The molecule has 0 nitrogen and oxygen atoms in total. The molecule has 0 aromatic carbocycles. The second-order valence-corrected chi connectivity index (χ2v) is 8.54. The lowest BCUT2D eigenvalue weighted by Crippen LogP contribution is -2.32. The molecule has 2 heteroatoms. The van der Waals surface area contributed by atoms with Crippen LogP contribution in [0.1, 0.15) is 34.1 Å². The van der Waals surface area contributed by atoms with Crippen molar-refractivity contribution in [1.82, 2.24) is 0 Å². The van der Waals surface area contributed by atoms with Crippen molar-refractivity contribution in [3.8, 4) is 0 Å². The highest BCUT2D eigenvalue weighted by Crippen LogP contribution is 2.65. The average molecular weight is 378 g/mol. The van der Waals surface area contributed by atoms with E-state index in [9.17, 15) is 0 Å². The lowest BCUT2D eigenvalue weighted by atomic mass is 9.82. The highest BCUT2D eigenvalue weighted by molar-refractivity contribution is 14.1. The number of alkyl halides is 2. The smallest absolute Gasteiger partial charge is 0.0235 e. The van der Waals surface area contributed by atoms with Crippen LogP contribution in [-0.4, -0.2) is 7.35 Å². The summed E-state index contributed by atoms with van der Waals surface area (Å²) in [5.74, 6) is 0.830. The standard InChI is InChI=1S/C9H16I2/c1-6(2)9(5-7(9)10)8(3,4)11/h6-7H,5H2,1-4H3/t7-,9-/m0/s1. The van der Waals surface area contributed by atoms with Gasteiger partial charge in [-0.25, -0.2) is 0 Å². The van der Waals surface area contributed by atoms with Gasteiger partial charge < -0.3 is 0 Å². The Balaban J connectivity index is 2.80.